The molecule has 2 rings (SSSR count). The molecule has 25 heavy (non-hydrogen) atoms. The summed E-state index contributed by atoms with van der Waals surface area (Å²) >= 11 is 0. The molecular formula is C19H18N2O4. The Morgan fingerprint density at radius 1 is 1.20 bits per heavy atom. The molecule has 1 atom stereocenters. The van der Waals surface area contributed by atoms with E-state index in [9.17, 15) is 9.59 Å². The van der Waals surface area contributed by atoms with Crippen LogP contribution in [0, 0.1) is 11.3 Å². The van der Waals surface area contributed by atoms with Gasteiger partial charge in [0.15, 0.2) is 6.10 Å². The number of amides is 1. The average molecular weight is 338 g/mol. The number of rotatable bonds is 6. The summed E-state index contributed by atoms with van der Waals surface area (Å²) in [5.74, 6) is -0.318. The first kappa shape index (κ1) is 18.0. The van der Waals surface area contributed by atoms with Crippen molar-refractivity contribution >= 4 is 11.9 Å². The smallest absolute Gasteiger partial charge is 0.338 e. The Morgan fingerprint density at radius 3 is 2.56 bits per heavy atom. The Hall–Kier alpha value is -3.33. The zero-order chi connectivity index (χ0) is 18.2. The van der Waals surface area contributed by atoms with Crippen molar-refractivity contribution in [3.8, 4) is 11.8 Å². The van der Waals surface area contributed by atoms with Gasteiger partial charge in [0.1, 0.15) is 5.75 Å². The van der Waals surface area contributed by atoms with Gasteiger partial charge in [0.25, 0.3) is 5.91 Å². The van der Waals surface area contributed by atoms with E-state index in [0.29, 0.717) is 12.1 Å². The number of esters is 1. The van der Waals surface area contributed by atoms with Crippen molar-refractivity contribution in [3.05, 3.63) is 65.2 Å². The molecular weight excluding hydrogens is 320 g/mol. The number of carbonyl (C=O) groups excluding carboxylic acids is 2. The van der Waals surface area contributed by atoms with Crippen molar-refractivity contribution in [2.24, 2.45) is 0 Å². The van der Waals surface area contributed by atoms with Crippen molar-refractivity contribution in [2.75, 3.05) is 7.11 Å². The van der Waals surface area contributed by atoms with Gasteiger partial charge in [-0.25, -0.2) is 4.79 Å². The molecule has 0 aromatic heterocycles. The number of hydrogen-bond donors (Lipinski definition) is 1. The second-order valence-corrected chi connectivity index (χ2v) is 5.31. The molecule has 0 saturated heterocycles. The van der Waals surface area contributed by atoms with Crippen molar-refractivity contribution in [3.63, 3.8) is 0 Å². The Bertz CT molecular complexity index is 794. The summed E-state index contributed by atoms with van der Waals surface area (Å²) in [6.07, 6.45) is -0.948. The van der Waals surface area contributed by atoms with E-state index in [1.807, 2.05) is 18.2 Å². The molecule has 1 N–H and O–H groups in total. The minimum Gasteiger partial charge on any atom is -0.497 e. The highest BCUT2D eigenvalue weighted by atomic mass is 16.5. The standard InChI is InChI=1S/C19H18N2O4/c1-13(25-19(23)16-5-3-4-15(10-16)11-20)18(22)21-12-14-6-8-17(24-2)9-7-14/h3-10,13H,12H2,1-2H3,(H,21,22)/t13-/m1/s1. The van der Waals surface area contributed by atoms with Crippen molar-refractivity contribution in [1.82, 2.24) is 5.32 Å². The van der Waals surface area contributed by atoms with Gasteiger partial charge in [-0.05, 0) is 42.8 Å². The molecule has 0 fully saturated rings. The van der Waals surface area contributed by atoms with Crippen molar-refractivity contribution in [1.29, 1.82) is 5.26 Å². The van der Waals surface area contributed by atoms with Crippen LogP contribution in [-0.2, 0) is 16.1 Å². The summed E-state index contributed by atoms with van der Waals surface area (Å²) in [5, 5.41) is 11.6. The van der Waals surface area contributed by atoms with Gasteiger partial charge in [-0.1, -0.05) is 18.2 Å². The number of methoxy groups -OCH3 is 1. The highest BCUT2D eigenvalue weighted by Crippen LogP contribution is 2.11. The Balaban J connectivity index is 1.88. The fourth-order valence-corrected chi connectivity index (χ4v) is 2.07. The van der Waals surface area contributed by atoms with Gasteiger partial charge in [-0.2, -0.15) is 5.26 Å². The molecule has 0 aliphatic rings. The summed E-state index contributed by atoms with van der Waals surface area (Å²) in [5.41, 5.74) is 1.48. The van der Waals surface area contributed by atoms with E-state index in [-0.39, 0.29) is 5.56 Å². The lowest BCUT2D eigenvalue weighted by atomic mass is 10.1. The molecule has 0 bridgehead atoms. The summed E-state index contributed by atoms with van der Waals surface area (Å²) in [6.45, 7) is 1.81. The maximum Gasteiger partial charge on any atom is 0.338 e. The molecule has 0 saturated carbocycles. The predicted octanol–water partition coefficient (Wildman–Crippen LogP) is 2.43. The molecule has 0 aliphatic heterocycles. The molecule has 0 unspecified atom stereocenters. The van der Waals surface area contributed by atoms with Gasteiger partial charge in [-0.3, -0.25) is 4.79 Å². The highest BCUT2D eigenvalue weighted by Gasteiger charge is 2.18. The molecule has 6 nitrogen and oxygen atoms in total. The molecule has 0 spiro atoms. The highest BCUT2D eigenvalue weighted by molar-refractivity contribution is 5.92. The molecule has 0 radical (unpaired) electrons. The maximum absolute atomic E-state index is 12.1. The fourth-order valence-electron chi connectivity index (χ4n) is 2.07. The minimum atomic E-state index is -0.948. The van der Waals surface area contributed by atoms with Crippen LogP contribution in [0.4, 0.5) is 0 Å². The topological polar surface area (TPSA) is 88.4 Å². The monoisotopic (exact) mass is 338 g/mol. The van der Waals surface area contributed by atoms with E-state index in [4.69, 9.17) is 14.7 Å². The van der Waals surface area contributed by atoms with Crippen LogP contribution in [0.25, 0.3) is 0 Å². The Morgan fingerprint density at radius 2 is 1.92 bits per heavy atom. The Labute approximate surface area is 146 Å². The first-order valence-corrected chi connectivity index (χ1v) is 7.65. The van der Waals surface area contributed by atoms with E-state index >= 15 is 0 Å². The SMILES string of the molecule is COc1ccc(CNC(=O)[C@@H](C)OC(=O)c2cccc(C#N)c2)cc1. The first-order valence-electron chi connectivity index (χ1n) is 7.65. The second-order valence-electron chi connectivity index (χ2n) is 5.31. The fraction of sp³-hybridized carbons (Fsp3) is 0.211. The summed E-state index contributed by atoms with van der Waals surface area (Å²) in [6, 6.07) is 15.3. The summed E-state index contributed by atoms with van der Waals surface area (Å²) < 4.78 is 10.2. The molecule has 1 amide bonds. The Kier molecular flexibility index (Phi) is 6.13. The quantitative estimate of drug-likeness (QED) is 0.817. The second kappa shape index (κ2) is 8.50. The normalized spacial score (nSPS) is 11.1. The van der Waals surface area contributed by atoms with Crippen LogP contribution in [0.3, 0.4) is 0 Å². The van der Waals surface area contributed by atoms with E-state index in [1.165, 1.54) is 19.1 Å². The minimum absolute atomic E-state index is 0.230. The zero-order valence-corrected chi connectivity index (χ0v) is 14.0. The van der Waals surface area contributed by atoms with Crippen LogP contribution in [0.1, 0.15) is 28.4 Å². The van der Waals surface area contributed by atoms with E-state index in [2.05, 4.69) is 5.32 Å². The lowest BCUT2D eigenvalue weighted by molar-refractivity contribution is -0.129. The van der Waals surface area contributed by atoms with Gasteiger partial charge in [0, 0.05) is 6.54 Å². The third-order valence-electron chi connectivity index (χ3n) is 3.51. The van der Waals surface area contributed by atoms with Gasteiger partial charge < -0.3 is 14.8 Å². The van der Waals surface area contributed by atoms with E-state index < -0.39 is 18.0 Å². The lowest BCUT2D eigenvalue weighted by Gasteiger charge is -2.14. The number of nitrogens with zero attached hydrogens (tertiary/aromatic N) is 1. The lowest BCUT2D eigenvalue weighted by Crippen LogP contribution is -2.35. The number of benzene rings is 2. The van der Waals surface area contributed by atoms with Gasteiger partial charge in [0.05, 0.1) is 24.3 Å². The van der Waals surface area contributed by atoms with E-state index in [0.717, 1.165) is 11.3 Å². The number of ether oxygens (including phenoxy) is 2. The number of hydrogen-bond acceptors (Lipinski definition) is 5. The third-order valence-corrected chi connectivity index (χ3v) is 3.51. The molecule has 2 aromatic carbocycles. The number of nitriles is 1. The van der Waals surface area contributed by atoms with Crippen LogP contribution < -0.4 is 10.1 Å². The number of carbonyl (C=O) groups is 2. The van der Waals surface area contributed by atoms with E-state index in [1.54, 1.807) is 31.4 Å². The molecule has 0 heterocycles. The van der Waals surface area contributed by atoms with Crippen molar-refractivity contribution < 1.29 is 19.1 Å². The van der Waals surface area contributed by atoms with Crippen LogP contribution in [0.15, 0.2) is 48.5 Å². The van der Waals surface area contributed by atoms with Gasteiger partial charge in [0.2, 0.25) is 0 Å². The summed E-state index contributed by atoms with van der Waals surface area (Å²) in [7, 11) is 1.58. The van der Waals surface area contributed by atoms with Crippen LogP contribution >= 0.6 is 0 Å². The average Bonchev–Trinajstić information content (AvgIpc) is 2.66. The predicted molar refractivity (Wildman–Crippen MR) is 90.9 cm³/mol. The first-order chi connectivity index (χ1) is 12.0. The largest absolute Gasteiger partial charge is 0.497 e. The van der Waals surface area contributed by atoms with Crippen LogP contribution in [0.2, 0.25) is 0 Å². The van der Waals surface area contributed by atoms with Crippen LogP contribution in [-0.4, -0.2) is 25.1 Å². The van der Waals surface area contributed by atoms with Gasteiger partial charge in [-0.15, -0.1) is 0 Å². The van der Waals surface area contributed by atoms with Gasteiger partial charge >= 0.3 is 5.97 Å². The third kappa shape index (κ3) is 5.08. The van der Waals surface area contributed by atoms with Crippen molar-refractivity contribution in [2.45, 2.75) is 19.6 Å². The van der Waals surface area contributed by atoms with Crippen LogP contribution in [0.5, 0.6) is 5.75 Å². The summed E-state index contributed by atoms with van der Waals surface area (Å²) in [4.78, 5) is 24.1. The zero-order valence-electron chi connectivity index (χ0n) is 14.0. The maximum atomic E-state index is 12.1. The molecule has 2 aromatic rings. The molecule has 6 heteroatoms. The molecule has 128 valence electrons. The number of nitrogens with one attached hydrogen (secondary N) is 1. The molecule has 0 aliphatic carbocycles.